The Hall–Kier alpha value is -5.58. The van der Waals surface area contributed by atoms with E-state index < -0.39 is 97.5 Å². The minimum Gasteiger partial charge on any atom is -0.462 e. The van der Waals surface area contributed by atoms with E-state index in [-0.39, 0.29) is 25.7 Å². The molecule has 0 aromatic rings. The number of hydrogen-bond donors (Lipinski definition) is 3. The van der Waals surface area contributed by atoms with Gasteiger partial charge in [-0.05, 0) is 167 Å². The van der Waals surface area contributed by atoms with Crippen LogP contribution in [0.2, 0.25) is 0 Å². The molecule has 0 amide bonds. The average Bonchev–Trinajstić information content (AvgIpc) is 0.906. The van der Waals surface area contributed by atoms with Gasteiger partial charge in [-0.1, -0.05) is 288 Å². The van der Waals surface area contributed by atoms with Crippen molar-refractivity contribution in [1.82, 2.24) is 0 Å². The molecule has 5 atom stereocenters. The van der Waals surface area contributed by atoms with Gasteiger partial charge < -0.3 is 33.8 Å². The number of carbonyl (C=O) groups excluding carboxylic acids is 4. The highest BCUT2D eigenvalue weighted by atomic mass is 31.2. The normalized spacial score (nSPS) is 14.7. The number of allylic oxidation sites excluding steroid dienone is 28. The second-order valence-corrected chi connectivity index (χ2v) is 29.8. The molecule has 0 aliphatic rings. The smallest absolute Gasteiger partial charge is 0.462 e. The van der Waals surface area contributed by atoms with Crippen molar-refractivity contribution < 1.29 is 80.2 Å². The van der Waals surface area contributed by atoms with E-state index in [0.717, 1.165) is 231 Å². The van der Waals surface area contributed by atoms with Crippen molar-refractivity contribution in [1.29, 1.82) is 0 Å². The molecule has 0 bridgehead atoms. The zero-order chi connectivity index (χ0) is 78.9. The van der Waals surface area contributed by atoms with Crippen LogP contribution in [0.3, 0.4) is 0 Å². The Morgan fingerprint density at radius 1 is 0.259 bits per heavy atom. The Kier molecular flexibility index (Phi) is 75.4. The fraction of sp³-hybridized carbons (Fsp3) is 0.640. The van der Waals surface area contributed by atoms with Gasteiger partial charge in [-0.15, -0.1) is 0 Å². The van der Waals surface area contributed by atoms with Gasteiger partial charge in [-0.3, -0.25) is 37.3 Å². The van der Waals surface area contributed by atoms with E-state index >= 15 is 0 Å². The molecule has 0 saturated heterocycles. The number of phosphoric ester groups is 2. The van der Waals surface area contributed by atoms with Gasteiger partial charge in [-0.2, -0.15) is 0 Å². The lowest BCUT2D eigenvalue weighted by molar-refractivity contribution is -0.161. The average molecular weight is 1550 g/mol. The van der Waals surface area contributed by atoms with Gasteiger partial charge >= 0.3 is 39.5 Å². The van der Waals surface area contributed by atoms with Crippen molar-refractivity contribution in [3.8, 4) is 0 Å². The number of unbranched alkanes of at least 4 members (excludes halogenated alkanes) is 22. The number of hydrogen-bond acceptors (Lipinski definition) is 15. The summed E-state index contributed by atoms with van der Waals surface area (Å²) in [5.74, 6) is -2.25. The fourth-order valence-corrected chi connectivity index (χ4v) is 12.1. The van der Waals surface area contributed by atoms with Gasteiger partial charge in [0.1, 0.15) is 19.3 Å². The number of aliphatic hydroxyl groups is 1. The summed E-state index contributed by atoms with van der Waals surface area (Å²) in [5.41, 5.74) is 0. The summed E-state index contributed by atoms with van der Waals surface area (Å²) >= 11 is 0. The maximum atomic E-state index is 13.1. The second-order valence-electron chi connectivity index (χ2n) is 26.9. The van der Waals surface area contributed by atoms with Crippen molar-refractivity contribution in [2.45, 2.75) is 329 Å². The molecular formula is C89H146O17P2. The number of esters is 4. The highest BCUT2D eigenvalue weighted by Gasteiger charge is 2.30. The van der Waals surface area contributed by atoms with E-state index in [1.165, 1.54) is 0 Å². The molecule has 614 valence electrons. The van der Waals surface area contributed by atoms with Crippen LogP contribution >= 0.6 is 15.6 Å². The second kappa shape index (κ2) is 79.5. The standard InChI is InChI=1S/C89H146O17P2/c1-5-9-13-17-21-25-29-33-37-40-41-44-47-50-54-58-62-66-70-74-87(92)100-80-85(106-89(94)76-72-68-64-60-56-52-48-43-39-35-31-27-23-19-15-11-7-3)82-104-108(97,98)102-78-83(90)77-101-107(95,96)103-81-84(105-88(93)75-71-67-63-59-55-51-45-36-32-28-24-20-16-12-8-4)79-99-86(91)73-69-65-61-57-53-49-46-42-38-34-30-26-22-18-14-10-6-2/h9-16,21-28,33-39,41,44-46,49,83-85,90H,5-8,17-20,29-32,40,42-43,47-48,50-82H2,1-4H3,(H,95,96)(H,97,98)/b13-9-,14-10-,15-11-,16-12-,25-21-,26-22-,27-23-,28-24-,37-33-,38-34-,39-35-,44-41-,45-36-,49-46-. The van der Waals surface area contributed by atoms with E-state index in [4.69, 9.17) is 37.0 Å². The Morgan fingerprint density at radius 3 is 0.694 bits per heavy atom. The monoisotopic (exact) mass is 1550 g/mol. The number of aliphatic hydroxyl groups excluding tert-OH is 1. The van der Waals surface area contributed by atoms with Crippen LogP contribution in [-0.4, -0.2) is 96.7 Å². The molecule has 0 heterocycles. The Morgan fingerprint density at radius 2 is 0.454 bits per heavy atom. The van der Waals surface area contributed by atoms with Gasteiger partial charge in [0.15, 0.2) is 12.2 Å². The molecule has 0 aliphatic heterocycles. The number of rotatable bonds is 76. The lowest BCUT2D eigenvalue weighted by Gasteiger charge is -2.21. The molecular weight excluding hydrogens is 1400 g/mol. The first kappa shape index (κ1) is 102. The first-order chi connectivity index (χ1) is 52.7. The van der Waals surface area contributed by atoms with Gasteiger partial charge in [-0.25, -0.2) is 9.13 Å². The maximum Gasteiger partial charge on any atom is 0.472 e. The minimum atomic E-state index is -5.00. The summed E-state index contributed by atoms with van der Waals surface area (Å²) in [7, 11) is -10.00. The predicted molar refractivity (Wildman–Crippen MR) is 445 cm³/mol. The molecule has 3 N–H and O–H groups in total. The fourth-order valence-electron chi connectivity index (χ4n) is 10.5. The highest BCUT2D eigenvalue weighted by Crippen LogP contribution is 2.45. The molecule has 0 rings (SSSR count). The zero-order valence-corrected chi connectivity index (χ0v) is 69.0. The maximum absolute atomic E-state index is 13.1. The van der Waals surface area contributed by atoms with Crippen LogP contribution in [0.15, 0.2) is 170 Å². The molecule has 0 radical (unpaired) electrons. The Bertz CT molecular complexity index is 2710. The molecule has 0 saturated carbocycles. The van der Waals surface area contributed by atoms with Crippen molar-refractivity contribution >= 4 is 39.5 Å². The van der Waals surface area contributed by atoms with Crippen LogP contribution < -0.4 is 0 Å². The topological polar surface area (TPSA) is 237 Å². The molecule has 17 nitrogen and oxygen atoms in total. The van der Waals surface area contributed by atoms with Crippen LogP contribution in [0.25, 0.3) is 0 Å². The Balaban J connectivity index is 5.44. The molecule has 0 aromatic carbocycles. The third-order valence-electron chi connectivity index (χ3n) is 16.7. The Labute approximate surface area is 654 Å². The van der Waals surface area contributed by atoms with Crippen LogP contribution in [0, 0.1) is 0 Å². The van der Waals surface area contributed by atoms with Gasteiger partial charge in [0.2, 0.25) is 0 Å². The van der Waals surface area contributed by atoms with E-state index in [0.29, 0.717) is 25.7 Å². The van der Waals surface area contributed by atoms with Crippen LogP contribution in [0.1, 0.15) is 310 Å². The predicted octanol–water partition coefficient (Wildman–Crippen LogP) is 24.6. The summed E-state index contributed by atoms with van der Waals surface area (Å²) in [5, 5.41) is 10.7. The summed E-state index contributed by atoms with van der Waals surface area (Å²) in [6, 6.07) is 0. The van der Waals surface area contributed by atoms with E-state index in [1.807, 2.05) is 0 Å². The quantitative estimate of drug-likeness (QED) is 0.0169. The van der Waals surface area contributed by atoms with Gasteiger partial charge in [0.05, 0.1) is 26.4 Å². The van der Waals surface area contributed by atoms with Crippen LogP contribution in [0.4, 0.5) is 0 Å². The van der Waals surface area contributed by atoms with Crippen molar-refractivity contribution in [3.63, 3.8) is 0 Å². The molecule has 0 spiro atoms. The van der Waals surface area contributed by atoms with E-state index in [1.54, 1.807) is 0 Å². The third kappa shape index (κ3) is 78.5. The first-order valence-electron chi connectivity index (χ1n) is 41.4. The molecule has 0 fully saturated rings. The number of ether oxygens (including phenoxy) is 4. The molecule has 5 unspecified atom stereocenters. The van der Waals surface area contributed by atoms with E-state index in [2.05, 4.69) is 198 Å². The molecule has 0 aliphatic carbocycles. The summed E-state index contributed by atoms with van der Waals surface area (Å²) < 4.78 is 68.7. The van der Waals surface area contributed by atoms with Crippen LogP contribution in [0.5, 0.6) is 0 Å². The molecule has 0 aromatic heterocycles. The lowest BCUT2D eigenvalue weighted by atomic mass is 10.1. The van der Waals surface area contributed by atoms with Crippen molar-refractivity contribution in [2.75, 3.05) is 39.6 Å². The summed E-state index contributed by atoms with van der Waals surface area (Å²) in [4.78, 5) is 73.2. The number of phosphoric acid groups is 2. The SMILES string of the molecule is CC/C=C\C/C=C\C/C=C\C/C=C\CCCCCCCCC(=O)OCC(COP(=O)(O)OCC(O)COP(=O)(O)OCC(COC(=O)CCCCCC/C=C\C/C=C\C/C=C\C/C=C\CC)OC(=O)CCCCCCC/C=C\C/C=C\C/C=C\CC)OC(=O)CCCCCCCCC/C=C\C/C=C\C/C=C\CC. The molecule has 108 heavy (non-hydrogen) atoms. The molecule has 19 heteroatoms. The van der Waals surface area contributed by atoms with Crippen LogP contribution in [-0.2, 0) is 65.4 Å². The van der Waals surface area contributed by atoms with Gasteiger partial charge in [0, 0.05) is 25.7 Å². The van der Waals surface area contributed by atoms with Gasteiger partial charge in [0.25, 0.3) is 0 Å². The highest BCUT2D eigenvalue weighted by molar-refractivity contribution is 7.47. The minimum absolute atomic E-state index is 0.0641. The van der Waals surface area contributed by atoms with Crippen molar-refractivity contribution in [2.24, 2.45) is 0 Å². The zero-order valence-electron chi connectivity index (χ0n) is 67.2. The van der Waals surface area contributed by atoms with Crippen molar-refractivity contribution in [3.05, 3.63) is 170 Å². The summed E-state index contributed by atoms with van der Waals surface area (Å²) in [6.07, 6.45) is 94.6. The summed E-state index contributed by atoms with van der Waals surface area (Å²) in [6.45, 7) is 4.36. The largest absolute Gasteiger partial charge is 0.472 e. The van der Waals surface area contributed by atoms with E-state index in [9.17, 15) is 43.2 Å². The third-order valence-corrected chi connectivity index (χ3v) is 18.6. The lowest BCUT2D eigenvalue weighted by Crippen LogP contribution is -2.30. The number of carbonyl (C=O) groups is 4. The first-order valence-corrected chi connectivity index (χ1v) is 44.4.